The van der Waals surface area contributed by atoms with Crippen LogP contribution in [-0.4, -0.2) is 21.9 Å². The molecule has 2 N–H and O–H groups in total. The van der Waals surface area contributed by atoms with Gasteiger partial charge in [-0.2, -0.15) is 0 Å². The highest BCUT2D eigenvalue weighted by Gasteiger charge is 2.12. The number of imidazole rings is 1. The highest BCUT2D eigenvalue weighted by molar-refractivity contribution is 5.64. The van der Waals surface area contributed by atoms with Crippen LogP contribution in [0.5, 0.6) is 0 Å². The molecule has 0 spiro atoms. The maximum atomic E-state index is 10.7. The Morgan fingerprint density at radius 2 is 2.28 bits per heavy atom. The molecule has 0 saturated heterocycles. The van der Waals surface area contributed by atoms with Gasteiger partial charge in [0.25, 0.3) is 5.69 Å². The van der Waals surface area contributed by atoms with Gasteiger partial charge in [0, 0.05) is 23.4 Å². The summed E-state index contributed by atoms with van der Waals surface area (Å²) >= 11 is 0. The van der Waals surface area contributed by atoms with Crippen molar-refractivity contribution in [1.29, 1.82) is 0 Å². The van der Waals surface area contributed by atoms with E-state index in [2.05, 4.69) is 15.3 Å². The topological polar surface area (TPSA) is 83.8 Å². The predicted molar refractivity (Wildman–Crippen MR) is 68.2 cm³/mol. The number of nitro benzene ring substituents is 1. The molecule has 6 nitrogen and oxygen atoms in total. The molecule has 1 heterocycles. The van der Waals surface area contributed by atoms with Crippen LogP contribution >= 0.6 is 0 Å². The third-order valence-electron chi connectivity index (χ3n) is 2.61. The van der Waals surface area contributed by atoms with Gasteiger partial charge in [-0.25, -0.2) is 4.98 Å². The van der Waals surface area contributed by atoms with Gasteiger partial charge < -0.3 is 10.3 Å². The van der Waals surface area contributed by atoms with Crippen LogP contribution in [-0.2, 0) is 6.54 Å². The van der Waals surface area contributed by atoms with E-state index in [0.717, 1.165) is 22.8 Å². The third kappa shape index (κ3) is 2.38. The van der Waals surface area contributed by atoms with Crippen molar-refractivity contribution in [1.82, 2.24) is 15.3 Å². The summed E-state index contributed by atoms with van der Waals surface area (Å²) in [6, 6.07) is 6.49. The highest BCUT2D eigenvalue weighted by Crippen LogP contribution is 2.24. The minimum Gasteiger partial charge on any atom is -0.344 e. The Kier molecular flexibility index (Phi) is 3.38. The highest BCUT2D eigenvalue weighted by atomic mass is 16.6. The molecule has 1 aromatic carbocycles. The maximum Gasteiger partial charge on any atom is 0.270 e. The maximum absolute atomic E-state index is 10.7. The van der Waals surface area contributed by atoms with Crippen LogP contribution in [0.25, 0.3) is 11.3 Å². The summed E-state index contributed by atoms with van der Waals surface area (Å²) in [5.41, 5.74) is 2.48. The Balaban J connectivity index is 2.41. The number of non-ortho nitro benzene ring substituents is 1. The lowest BCUT2D eigenvalue weighted by molar-refractivity contribution is -0.384. The van der Waals surface area contributed by atoms with Crippen LogP contribution in [0.15, 0.2) is 24.3 Å². The summed E-state index contributed by atoms with van der Waals surface area (Å²) in [4.78, 5) is 17.9. The Morgan fingerprint density at radius 1 is 1.50 bits per heavy atom. The van der Waals surface area contributed by atoms with Gasteiger partial charge in [-0.15, -0.1) is 0 Å². The van der Waals surface area contributed by atoms with E-state index < -0.39 is 4.92 Å². The molecule has 2 rings (SSSR count). The molecule has 0 aliphatic carbocycles. The minimum atomic E-state index is -0.403. The van der Waals surface area contributed by atoms with E-state index in [1.165, 1.54) is 12.1 Å². The Bertz CT molecular complexity index is 577. The molecule has 0 aliphatic heterocycles. The van der Waals surface area contributed by atoms with Crippen LogP contribution in [0.4, 0.5) is 5.69 Å². The largest absolute Gasteiger partial charge is 0.344 e. The fourth-order valence-electron chi connectivity index (χ4n) is 1.82. The first-order chi connectivity index (χ1) is 8.61. The molecule has 94 valence electrons. The molecular weight excluding hydrogens is 232 g/mol. The number of hydrogen-bond donors (Lipinski definition) is 2. The molecule has 0 saturated carbocycles. The first-order valence-corrected chi connectivity index (χ1v) is 5.56. The smallest absolute Gasteiger partial charge is 0.270 e. The Hall–Kier alpha value is -2.21. The van der Waals surface area contributed by atoms with Gasteiger partial charge in [0.15, 0.2) is 0 Å². The molecule has 2 aromatic rings. The summed E-state index contributed by atoms with van der Waals surface area (Å²) in [5, 5.41) is 13.7. The SMILES string of the molecule is CNCc1nc(-c2cccc([N+](=O)[O-])c2)c(C)[nH]1. The lowest BCUT2D eigenvalue weighted by atomic mass is 10.1. The number of nitrogens with zero attached hydrogens (tertiary/aromatic N) is 2. The molecule has 0 aliphatic rings. The van der Waals surface area contributed by atoms with Crippen molar-refractivity contribution in [3.8, 4) is 11.3 Å². The average molecular weight is 246 g/mol. The molecule has 0 bridgehead atoms. The standard InChI is InChI=1S/C12H14N4O2/c1-8-12(15-11(14-8)7-13-2)9-4-3-5-10(6-9)16(17)18/h3-6,13H,7H2,1-2H3,(H,14,15). The van der Waals surface area contributed by atoms with Crippen molar-refractivity contribution < 1.29 is 4.92 Å². The van der Waals surface area contributed by atoms with Gasteiger partial charge in [0.2, 0.25) is 0 Å². The second-order valence-corrected chi connectivity index (χ2v) is 3.99. The Labute approximate surface area is 104 Å². The number of H-pyrrole nitrogens is 1. The fourth-order valence-corrected chi connectivity index (χ4v) is 1.82. The zero-order valence-electron chi connectivity index (χ0n) is 10.2. The molecule has 0 unspecified atom stereocenters. The number of benzene rings is 1. The van der Waals surface area contributed by atoms with Crippen LogP contribution < -0.4 is 5.32 Å². The molecule has 0 radical (unpaired) electrons. The molecule has 6 heteroatoms. The number of hydrogen-bond acceptors (Lipinski definition) is 4. The van der Waals surface area contributed by atoms with E-state index in [0.29, 0.717) is 6.54 Å². The number of nitrogens with one attached hydrogen (secondary N) is 2. The monoisotopic (exact) mass is 246 g/mol. The van der Waals surface area contributed by atoms with Crippen LogP contribution in [0.3, 0.4) is 0 Å². The fraction of sp³-hybridized carbons (Fsp3) is 0.250. The van der Waals surface area contributed by atoms with E-state index in [4.69, 9.17) is 0 Å². The minimum absolute atomic E-state index is 0.0741. The van der Waals surface area contributed by atoms with Crippen molar-refractivity contribution in [2.45, 2.75) is 13.5 Å². The molecule has 18 heavy (non-hydrogen) atoms. The summed E-state index contributed by atoms with van der Waals surface area (Å²) in [6.07, 6.45) is 0. The quantitative estimate of drug-likeness (QED) is 0.638. The van der Waals surface area contributed by atoms with E-state index in [1.54, 1.807) is 6.07 Å². The van der Waals surface area contributed by atoms with Crippen LogP contribution in [0.2, 0.25) is 0 Å². The van der Waals surface area contributed by atoms with Gasteiger partial charge in [0.05, 0.1) is 17.2 Å². The predicted octanol–water partition coefficient (Wildman–Crippen LogP) is 2.01. The zero-order valence-corrected chi connectivity index (χ0v) is 10.2. The molecule has 1 aromatic heterocycles. The number of aryl methyl sites for hydroxylation is 1. The summed E-state index contributed by atoms with van der Waals surface area (Å²) in [5.74, 6) is 0.816. The van der Waals surface area contributed by atoms with Crippen molar-refractivity contribution in [3.05, 3.63) is 45.9 Å². The van der Waals surface area contributed by atoms with Crippen molar-refractivity contribution >= 4 is 5.69 Å². The first kappa shape index (κ1) is 12.3. The number of nitro groups is 1. The average Bonchev–Trinajstić information content (AvgIpc) is 2.71. The van der Waals surface area contributed by atoms with Gasteiger partial charge in [-0.1, -0.05) is 12.1 Å². The number of aromatic amines is 1. The second kappa shape index (κ2) is 4.97. The summed E-state index contributed by atoms with van der Waals surface area (Å²) in [7, 11) is 1.84. The van der Waals surface area contributed by atoms with Crippen molar-refractivity contribution in [2.24, 2.45) is 0 Å². The van der Waals surface area contributed by atoms with Crippen molar-refractivity contribution in [2.75, 3.05) is 7.05 Å². The van der Waals surface area contributed by atoms with Crippen molar-refractivity contribution in [3.63, 3.8) is 0 Å². The van der Waals surface area contributed by atoms with E-state index in [1.807, 2.05) is 20.0 Å². The van der Waals surface area contributed by atoms with Gasteiger partial charge in [-0.3, -0.25) is 10.1 Å². The summed E-state index contributed by atoms with van der Waals surface area (Å²) in [6.45, 7) is 2.54. The van der Waals surface area contributed by atoms with Gasteiger partial charge >= 0.3 is 0 Å². The normalized spacial score (nSPS) is 10.6. The van der Waals surface area contributed by atoms with Crippen LogP contribution in [0.1, 0.15) is 11.5 Å². The number of rotatable bonds is 4. The lowest BCUT2D eigenvalue weighted by Crippen LogP contribution is -2.06. The molecule has 0 atom stereocenters. The zero-order chi connectivity index (χ0) is 13.1. The van der Waals surface area contributed by atoms with Gasteiger partial charge in [0.1, 0.15) is 5.82 Å². The van der Waals surface area contributed by atoms with E-state index in [-0.39, 0.29) is 5.69 Å². The Morgan fingerprint density at radius 3 is 2.94 bits per heavy atom. The molecule has 0 amide bonds. The van der Waals surface area contributed by atoms with Crippen LogP contribution in [0, 0.1) is 17.0 Å². The molecule has 0 fully saturated rings. The lowest BCUT2D eigenvalue weighted by Gasteiger charge is -1.98. The van der Waals surface area contributed by atoms with E-state index in [9.17, 15) is 10.1 Å². The third-order valence-corrected chi connectivity index (χ3v) is 2.61. The van der Waals surface area contributed by atoms with E-state index >= 15 is 0 Å². The number of aromatic nitrogens is 2. The second-order valence-electron chi connectivity index (χ2n) is 3.99. The molecular formula is C12H14N4O2. The summed E-state index contributed by atoms with van der Waals surface area (Å²) < 4.78 is 0. The van der Waals surface area contributed by atoms with Gasteiger partial charge in [-0.05, 0) is 14.0 Å². The first-order valence-electron chi connectivity index (χ1n) is 5.56.